The number of carbonyl (C=O) groups is 1. The third-order valence-electron chi connectivity index (χ3n) is 6.06. The largest absolute Gasteiger partial charge is 0.393 e. The third-order valence-corrected chi connectivity index (χ3v) is 6.06. The lowest BCUT2D eigenvalue weighted by molar-refractivity contribution is 0.102. The fourth-order valence-corrected chi connectivity index (χ4v) is 4.08. The van der Waals surface area contributed by atoms with E-state index in [0.29, 0.717) is 5.56 Å². The fraction of sp³-hybridized carbons (Fsp3) is 0.185. The summed E-state index contributed by atoms with van der Waals surface area (Å²) in [6.45, 7) is 1.67. The molecule has 7 heteroatoms. The van der Waals surface area contributed by atoms with Gasteiger partial charge in [0.15, 0.2) is 0 Å². The summed E-state index contributed by atoms with van der Waals surface area (Å²) in [5.41, 5.74) is 5.38. The standard InChI is InChI=1S/C27H27N5O2/c33-26-13-16-31(17-14-26)24-9-1-20(2-10-24)27(34)30-23-5-3-21(4-6-23)29-22-7-11-25(12-8-22)32-18-15-28-19-32/h1-12,15,18-19,26,29,33H,13-14,16-17H2,(H,30,34). The maximum atomic E-state index is 12.7. The number of anilines is 4. The molecule has 0 unspecified atom stereocenters. The normalized spacial score (nSPS) is 14.1. The van der Waals surface area contributed by atoms with E-state index in [1.54, 1.807) is 12.5 Å². The Balaban J connectivity index is 1.16. The number of rotatable bonds is 6. The number of hydrogen-bond donors (Lipinski definition) is 3. The number of aromatic nitrogens is 2. The number of hydrogen-bond acceptors (Lipinski definition) is 5. The lowest BCUT2D eigenvalue weighted by Crippen LogP contribution is -2.35. The zero-order chi connectivity index (χ0) is 23.3. The van der Waals surface area contributed by atoms with E-state index in [0.717, 1.165) is 54.4 Å². The van der Waals surface area contributed by atoms with Crippen molar-refractivity contribution in [1.82, 2.24) is 9.55 Å². The highest BCUT2D eigenvalue weighted by Crippen LogP contribution is 2.23. The van der Waals surface area contributed by atoms with Crippen LogP contribution in [0.1, 0.15) is 23.2 Å². The van der Waals surface area contributed by atoms with E-state index in [1.807, 2.05) is 83.6 Å². The summed E-state index contributed by atoms with van der Waals surface area (Å²) >= 11 is 0. The monoisotopic (exact) mass is 453 g/mol. The van der Waals surface area contributed by atoms with Gasteiger partial charge in [-0.3, -0.25) is 4.79 Å². The summed E-state index contributed by atoms with van der Waals surface area (Å²) in [5.74, 6) is -0.142. The van der Waals surface area contributed by atoms with Crippen LogP contribution in [0.2, 0.25) is 0 Å². The number of carbonyl (C=O) groups excluding carboxylic acids is 1. The van der Waals surface area contributed by atoms with Crippen LogP contribution in [0.3, 0.4) is 0 Å². The minimum Gasteiger partial charge on any atom is -0.393 e. The Morgan fingerprint density at radius 3 is 2.03 bits per heavy atom. The second-order valence-corrected chi connectivity index (χ2v) is 8.44. The summed E-state index contributed by atoms with van der Waals surface area (Å²) in [5, 5.41) is 16.0. The van der Waals surface area contributed by atoms with Crippen LogP contribution in [-0.4, -0.2) is 39.8 Å². The molecule has 2 heterocycles. The van der Waals surface area contributed by atoms with Crippen LogP contribution in [-0.2, 0) is 0 Å². The second kappa shape index (κ2) is 9.80. The molecule has 0 spiro atoms. The minimum absolute atomic E-state index is 0.142. The van der Waals surface area contributed by atoms with Crippen molar-refractivity contribution >= 4 is 28.7 Å². The smallest absolute Gasteiger partial charge is 0.255 e. The Kier molecular flexibility index (Phi) is 6.27. The van der Waals surface area contributed by atoms with Gasteiger partial charge >= 0.3 is 0 Å². The highest BCUT2D eigenvalue weighted by atomic mass is 16.3. The van der Waals surface area contributed by atoms with Crippen molar-refractivity contribution in [3.8, 4) is 5.69 Å². The minimum atomic E-state index is -0.198. The molecule has 0 radical (unpaired) electrons. The van der Waals surface area contributed by atoms with Crippen LogP contribution < -0.4 is 15.5 Å². The number of amides is 1. The van der Waals surface area contributed by atoms with Gasteiger partial charge in [0.05, 0.1) is 12.4 Å². The molecular weight excluding hydrogens is 426 g/mol. The summed E-state index contributed by atoms with van der Waals surface area (Å²) in [6, 6.07) is 23.4. The molecule has 1 fully saturated rings. The average Bonchev–Trinajstić information content (AvgIpc) is 3.41. The van der Waals surface area contributed by atoms with E-state index in [4.69, 9.17) is 0 Å². The van der Waals surface area contributed by atoms with Gasteiger partial charge in [-0.15, -0.1) is 0 Å². The van der Waals surface area contributed by atoms with Gasteiger partial charge in [-0.1, -0.05) is 0 Å². The Bertz CT molecular complexity index is 1210. The van der Waals surface area contributed by atoms with Crippen molar-refractivity contribution in [2.45, 2.75) is 18.9 Å². The van der Waals surface area contributed by atoms with Crippen LogP contribution in [0.15, 0.2) is 91.5 Å². The second-order valence-electron chi connectivity index (χ2n) is 8.44. The number of aliphatic hydroxyl groups excluding tert-OH is 1. The highest BCUT2D eigenvalue weighted by molar-refractivity contribution is 6.04. The lowest BCUT2D eigenvalue weighted by atomic mass is 10.1. The topological polar surface area (TPSA) is 82.4 Å². The summed E-state index contributed by atoms with van der Waals surface area (Å²) in [4.78, 5) is 19.0. The number of benzene rings is 3. The number of aliphatic hydroxyl groups is 1. The van der Waals surface area contributed by atoms with Gasteiger partial charge in [-0.05, 0) is 85.6 Å². The van der Waals surface area contributed by atoms with Gasteiger partial charge in [0.2, 0.25) is 0 Å². The first-order valence-corrected chi connectivity index (χ1v) is 11.4. The number of imidazole rings is 1. The van der Waals surface area contributed by atoms with Crippen molar-refractivity contribution in [3.63, 3.8) is 0 Å². The first kappa shape index (κ1) is 21.7. The zero-order valence-corrected chi connectivity index (χ0v) is 18.8. The molecule has 3 N–H and O–H groups in total. The van der Waals surface area contributed by atoms with E-state index < -0.39 is 0 Å². The maximum absolute atomic E-state index is 12.7. The molecule has 5 rings (SSSR count). The first-order chi connectivity index (χ1) is 16.6. The van der Waals surface area contributed by atoms with E-state index in [1.165, 1.54) is 0 Å². The first-order valence-electron chi connectivity index (χ1n) is 11.4. The van der Waals surface area contributed by atoms with Crippen molar-refractivity contribution < 1.29 is 9.90 Å². The lowest BCUT2D eigenvalue weighted by Gasteiger charge is -2.31. The molecule has 1 amide bonds. The molecule has 0 bridgehead atoms. The third kappa shape index (κ3) is 5.10. The molecule has 0 aliphatic carbocycles. The van der Waals surface area contributed by atoms with Gasteiger partial charge in [0.25, 0.3) is 5.91 Å². The Labute approximate surface area is 198 Å². The predicted octanol–water partition coefficient (Wildman–Crippen LogP) is 4.83. The van der Waals surface area contributed by atoms with Crippen LogP contribution in [0.4, 0.5) is 22.7 Å². The van der Waals surface area contributed by atoms with Crippen molar-refractivity contribution in [3.05, 3.63) is 97.1 Å². The van der Waals surface area contributed by atoms with Gasteiger partial charge in [0.1, 0.15) is 0 Å². The van der Waals surface area contributed by atoms with E-state index in [-0.39, 0.29) is 12.0 Å². The van der Waals surface area contributed by atoms with E-state index >= 15 is 0 Å². The zero-order valence-electron chi connectivity index (χ0n) is 18.8. The highest BCUT2D eigenvalue weighted by Gasteiger charge is 2.17. The Hall–Kier alpha value is -4.10. The molecule has 0 atom stereocenters. The molecule has 4 aromatic rings. The molecule has 7 nitrogen and oxygen atoms in total. The van der Waals surface area contributed by atoms with Gasteiger partial charge in [-0.2, -0.15) is 0 Å². The van der Waals surface area contributed by atoms with Gasteiger partial charge < -0.3 is 25.2 Å². The predicted molar refractivity (Wildman–Crippen MR) is 135 cm³/mol. The SMILES string of the molecule is O=C(Nc1ccc(Nc2ccc(-n3ccnc3)cc2)cc1)c1ccc(N2CCC(O)CC2)cc1. The Morgan fingerprint density at radius 1 is 0.824 bits per heavy atom. The molecule has 34 heavy (non-hydrogen) atoms. The summed E-state index contributed by atoms with van der Waals surface area (Å²) in [6.07, 6.45) is 6.80. The van der Waals surface area contributed by atoms with Crippen molar-refractivity contribution in [1.29, 1.82) is 0 Å². The average molecular weight is 454 g/mol. The maximum Gasteiger partial charge on any atom is 0.255 e. The van der Waals surface area contributed by atoms with Crippen LogP contribution in [0.25, 0.3) is 5.69 Å². The van der Waals surface area contributed by atoms with Crippen LogP contribution in [0.5, 0.6) is 0 Å². The van der Waals surface area contributed by atoms with E-state index in [2.05, 4.69) is 20.5 Å². The van der Waals surface area contributed by atoms with Crippen LogP contribution in [0, 0.1) is 0 Å². The Morgan fingerprint density at radius 2 is 1.41 bits per heavy atom. The number of piperidine rings is 1. The fourth-order valence-electron chi connectivity index (χ4n) is 4.08. The summed E-state index contributed by atoms with van der Waals surface area (Å²) < 4.78 is 1.95. The van der Waals surface area contributed by atoms with Crippen molar-refractivity contribution in [2.75, 3.05) is 28.6 Å². The molecule has 0 saturated carbocycles. The molecule has 1 aromatic heterocycles. The van der Waals surface area contributed by atoms with Gasteiger partial charge in [0, 0.05) is 59.5 Å². The molecule has 1 aliphatic rings. The summed E-state index contributed by atoms with van der Waals surface area (Å²) in [7, 11) is 0. The molecule has 3 aromatic carbocycles. The van der Waals surface area contributed by atoms with Crippen LogP contribution >= 0.6 is 0 Å². The van der Waals surface area contributed by atoms with Crippen molar-refractivity contribution in [2.24, 2.45) is 0 Å². The molecule has 1 aliphatic heterocycles. The van der Waals surface area contributed by atoms with E-state index in [9.17, 15) is 9.90 Å². The molecule has 1 saturated heterocycles. The number of nitrogens with one attached hydrogen (secondary N) is 2. The molecular formula is C27H27N5O2. The van der Waals surface area contributed by atoms with Gasteiger partial charge in [-0.25, -0.2) is 4.98 Å². The molecule has 172 valence electrons. The quantitative estimate of drug-likeness (QED) is 0.390. The number of nitrogens with zero attached hydrogens (tertiary/aromatic N) is 3.